The molecule has 2 rings (SSSR count). The molecule has 0 aliphatic rings. The summed E-state index contributed by atoms with van der Waals surface area (Å²) in [6.45, 7) is 0. The second-order valence-corrected chi connectivity index (χ2v) is 5.77. The van der Waals surface area contributed by atoms with E-state index < -0.39 is 22.0 Å². The molecular weight excluding hydrogens is 284 g/mol. The molecule has 3 nitrogen and oxygen atoms in total. The number of halogens is 1. The van der Waals surface area contributed by atoms with Gasteiger partial charge in [0.15, 0.2) is 5.25 Å². The van der Waals surface area contributed by atoms with Gasteiger partial charge in [0.2, 0.25) is 0 Å². The first-order chi connectivity index (χ1) is 9.11. The van der Waals surface area contributed by atoms with Gasteiger partial charge in [-0.05, 0) is 17.7 Å². The zero-order valence-electron chi connectivity index (χ0n) is 9.82. The van der Waals surface area contributed by atoms with Crippen molar-refractivity contribution >= 4 is 28.4 Å². The molecule has 0 aliphatic carbocycles. The summed E-state index contributed by atoms with van der Waals surface area (Å²) in [7, 11) is -1.75. The Morgan fingerprint density at radius 3 is 2.21 bits per heavy atom. The van der Waals surface area contributed by atoms with Gasteiger partial charge in [-0.2, -0.15) is 0 Å². The van der Waals surface area contributed by atoms with Crippen LogP contribution in [0.4, 0.5) is 0 Å². The molecule has 0 heterocycles. The molecule has 0 amide bonds. The molecule has 0 fully saturated rings. The molecule has 0 aliphatic heterocycles. The summed E-state index contributed by atoms with van der Waals surface area (Å²) in [5.41, 5.74) is 0.494. The van der Waals surface area contributed by atoms with Crippen LogP contribution in [-0.4, -0.2) is 15.3 Å². The third-order valence-electron chi connectivity index (χ3n) is 2.59. The van der Waals surface area contributed by atoms with Crippen molar-refractivity contribution in [2.24, 2.45) is 0 Å². The highest BCUT2D eigenvalue weighted by molar-refractivity contribution is 7.86. The Bertz CT molecular complexity index is 613. The van der Waals surface area contributed by atoms with Crippen LogP contribution in [0.3, 0.4) is 0 Å². The topological polar surface area (TPSA) is 54.4 Å². The van der Waals surface area contributed by atoms with Crippen molar-refractivity contribution in [1.29, 1.82) is 0 Å². The van der Waals surface area contributed by atoms with E-state index in [1.807, 2.05) is 0 Å². The molecule has 0 aromatic heterocycles. The van der Waals surface area contributed by atoms with E-state index in [0.29, 0.717) is 15.5 Å². The van der Waals surface area contributed by atoms with E-state index in [4.69, 9.17) is 11.6 Å². The molecule has 98 valence electrons. The maximum absolute atomic E-state index is 12.5. The first kappa shape index (κ1) is 13.8. The van der Waals surface area contributed by atoms with E-state index in [2.05, 4.69) is 0 Å². The third-order valence-corrected chi connectivity index (χ3v) is 4.73. The van der Waals surface area contributed by atoms with Crippen molar-refractivity contribution in [2.45, 2.75) is 10.1 Å². The van der Waals surface area contributed by atoms with Gasteiger partial charge >= 0.3 is 5.97 Å². The fourth-order valence-electron chi connectivity index (χ4n) is 1.72. The molecule has 0 radical (unpaired) electrons. The SMILES string of the molecule is O=C(O)C(c1ccccc1)S(=O)c1ccccc1Cl. The van der Waals surface area contributed by atoms with Crippen molar-refractivity contribution in [3.05, 3.63) is 65.2 Å². The quantitative estimate of drug-likeness (QED) is 0.941. The lowest BCUT2D eigenvalue weighted by atomic mass is 10.1. The highest BCUT2D eigenvalue weighted by Crippen LogP contribution is 2.29. The number of hydrogen-bond donors (Lipinski definition) is 1. The molecule has 1 N–H and O–H groups in total. The van der Waals surface area contributed by atoms with Crippen LogP contribution in [0.1, 0.15) is 10.8 Å². The number of carboxylic acid groups (broad SMARTS) is 1. The van der Waals surface area contributed by atoms with Gasteiger partial charge in [0, 0.05) is 0 Å². The molecule has 5 heteroatoms. The van der Waals surface area contributed by atoms with Gasteiger partial charge in [-0.1, -0.05) is 54.1 Å². The Balaban J connectivity index is 2.44. The summed E-state index contributed by atoms with van der Waals surface area (Å²) in [6.07, 6.45) is 0. The van der Waals surface area contributed by atoms with Gasteiger partial charge < -0.3 is 5.11 Å². The summed E-state index contributed by atoms with van der Waals surface area (Å²) >= 11 is 5.97. The van der Waals surface area contributed by atoms with Crippen molar-refractivity contribution in [1.82, 2.24) is 0 Å². The van der Waals surface area contributed by atoms with E-state index in [1.54, 1.807) is 54.6 Å². The van der Waals surface area contributed by atoms with Gasteiger partial charge in [-0.3, -0.25) is 9.00 Å². The highest BCUT2D eigenvalue weighted by Gasteiger charge is 2.28. The summed E-state index contributed by atoms with van der Waals surface area (Å²) in [4.78, 5) is 11.7. The van der Waals surface area contributed by atoms with Crippen LogP contribution >= 0.6 is 11.6 Å². The van der Waals surface area contributed by atoms with E-state index >= 15 is 0 Å². The number of aliphatic carboxylic acids is 1. The average molecular weight is 295 g/mol. The largest absolute Gasteiger partial charge is 0.480 e. The van der Waals surface area contributed by atoms with E-state index in [1.165, 1.54) is 0 Å². The molecule has 2 aromatic carbocycles. The molecule has 19 heavy (non-hydrogen) atoms. The van der Waals surface area contributed by atoms with E-state index in [0.717, 1.165) is 0 Å². The molecule has 0 bridgehead atoms. The average Bonchev–Trinajstić information content (AvgIpc) is 2.40. The summed E-state index contributed by atoms with van der Waals surface area (Å²) in [6, 6.07) is 15.1. The standard InChI is InChI=1S/C14H11ClO3S/c15-11-8-4-5-9-12(11)19(18)13(14(16)17)10-6-2-1-3-7-10/h1-9,13H,(H,16,17). The Morgan fingerprint density at radius 1 is 1.05 bits per heavy atom. The minimum Gasteiger partial charge on any atom is -0.480 e. The smallest absolute Gasteiger partial charge is 0.324 e. The van der Waals surface area contributed by atoms with Crippen molar-refractivity contribution in [3.63, 3.8) is 0 Å². The minimum absolute atomic E-state index is 0.308. The van der Waals surface area contributed by atoms with Crippen LogP contribution in [0.15, 0.2) is 59.5 Å². The normalized spacial score (nSPS) is 13.7. The van der Waals surface area contributed by atoms with Gasteiger partial charge in [0.05, 0.1) is 20.7 Å². The first-order valence-corrected chi connectivity index (χ1v) is 7.13. The van der Waals surface area contributed by atoms with Crippen LogP contribution in [0, 0.1) is 0 Å². The lowest BCUT2D eigenvalue weighted by molar-refractivity contribution is -0.136. The maximum atomic E-state index is 12.5. The second kappa shape index (κ2) is 5.99. The number of hydrogen-bond acceptors (Lipinski definition) is 2. The van der Waals surface area contributed by atoms with Crippen molar-refractivity contribution in [3.8, 4) is 0 Å². The predicted octanol–water partition coefficient (Wildman–Crippen LogP) is 3.27. The van der Waals surface area contributed by atoms with Crippen LogP contribution in [-0.2, 0) is 15.6 Å². The molecular formula is C14H11ClO3S. The van der Waals surface area contributed by atoms with Gasteiger partial charge in [-0.15, -0.1) is 0 Å². The summed E-state index contributed by atoms with van der Waals surface area (Å²) in [5.74, 6) is -1.13. The second-order valence-electron chi connectivity index (χ2n) is 3.86. The highest BCUT2D eigenvalue weighted by atomic mass is 35.5. The maximum Gasteiger partial charge on any atom is 0.324 e. The summed E-state index contributed by atoms with van der Waals surface area (Å²) in [5, 5.41) is 8.50. The minimum atomic E-state index is -1.75. The molecule has 2 atom stereocenters. The number of carboxylic acids is 1. The van der Waals surface area contributed by atoms with Gasteiger partial charge in [0.25, 0.3) is 0 Å². The Morgan fingerprint density at radius 2 is 1.63 bits per heavy atom. The van der Waals surface area contributed by atoms with Crippen molar-refractivity contribution < 1.29 is 14.1 Å². The van der Waals surface area contributed by atoms with Crippen LogP contribution < -0.4 is 0 Å². The lowest BCUT2D eigenvalue weighted by Gasteiger charge is -2.13. The zero-order chi connectivity index (χ0) is 13.8. The Labute approximate surface area is 118 Å². The van der Waals surface area contributed by atoms with Gasteiger partial charge in [0.1, 0.15) is 0 Å². The monoisotopic (exact) mass is 294 g/mol. The lowest BCUT2D eigenvalue weighted by Crippen LogP contribution is -2.17. The van der Waals surface area contributed by atoms with E-state index in [-0.39, 0.29) is 0 Å². The first-order valence-electron chi connectivity index (χ1n) is 5.54. The van der Waals surface area contributed by atoms with Crippen LogP contribution in [0.2, 0.25) is 5.02 Å². The number of benzene rings is 2. The molecule has 2 aromatic rings. The Hall–Kier alpha value is -1.65. The molecule has 0 saturated heterocycles. The third kappa shape index (κ3) is 3.03. The van der Waals surface area contributed by atoms with Crippen molar-refractivity contribution in [2.75, 3.05) is 0 Å². The van der Waals surface area contributed by atoms with E-state index in [9.17, 15) is 14.1 Å². The van der Waals surface area contributed by atoms with Crippen LogP contribution in [0.25, 0.3) is 0 Å². The molecule has 2 unspecified atom stereocenters. The number of rotatable bonds is 4. The molecule has 0 saturated carbocycles. The predicted molar refractivity (Wildman–Crippen MR) is 74.7 cm³/mol. The van der Waals surface area contributed by atoms with Crippen LogP contribution in [0.5, 0.6) is 0 Å². The zero-order valence-corrected chi connectivity index (χ0v) is 11.4. The fourth-order valence-corrected chi connectivity index (χ4v) is 3.40. The summed E-state index contributed by atoms with van der Waals surface area (Å²) < 4.78 is 12.5. The Kier molecular flexibility index (Phi) is 4.35. The molecule has 0 spiro atoms. The van der Waals surface area contributed by atoms with Gasteiger partial charge in [-0.25, -0.2) is 0 Å². The number of carbonyl (C=O) groups is 1. The fraction of sp³-hybridized carbons (Fsp3) is 0.0714.